The predicted octanol–water partition coefficient (Wildman–Crippen LogP) is 0.390. The van der Waals surface area contributed by atoms with Crippen molar-refractivity contribution >= 4 is 12.1 Å². The molecule has 0 saturated heterocycles. The van der Waals surface area contributed by atoms with Gasteiger partial charge in [0.2, 0.25) is 0 Å². The monoisotopic (exact) mass is 207 g/mol. The molecule has 0 radical (unpaired) electrons. The highest BCUT2D eigenvalue weighted by Crippen LogP contribution is 2.06. The summed E-state index contributed by atoms with van der Waals surface area (Å²) in [6.07, 6.45) is -0.189. The Morgan fingerprint density at radius 2 is 1.93 bits per heavy atom. The highest BCUT2D eigenvalue weighted by atomic mass is 16.3. The van der Waals surface area contributed by atoms with Crippen molar-refractivity contribution in [2.24, 2.45) is 5.73 Å². The zero-order valence-electron chi connectivity index (χ0n) is 8.38. The molecule has 0 heterocycles. The molecule has 1 aromatic rings. The zero-order chi connectivity index (χ0) is 11.4. The molecule has 80 valence electrons. The molecule has 0 fully saturated rings. The molecule has 15 heavy (non-hydrogen) atoms. The largest absolute Gasteiger partial charge is 0.391 e. The molecule has 0 aromatic heterocycles. The summed E-state index contributed by atoms with van der Waals surface area (Å²) < 4.78 is 0. The summed E-state index contributed by atoms with van der Waals surface area (Å²) in [5.74, 6) is -0.331. The number of benzene rings is 1. The van der Waals surface area contributed by atoms with Gasteiger partial charge in [-0.15, -0.1) is 0 Å². The quantitative estimate of drug-likeness (QED) is 0.553. The molecule has 0 spiro atoms. The number of rotatable bonds is 4. The van der Waals surface area contributed by atoms with Crippen LogP contribution in [-0.2, 0) is 0 Å². The third-order valence-corrected chi connectivity index (χ3v) is 2.15. The molecule has 1 aromatic carbocycles. The van der Waals surface area contributed by atoms with E-state index in [4.69, 9.17) is 10.8 Å². The molecule has 4 heteroatoms. The summed E-state index contributed by atoms with van der Waals surface area (Å²) in [5, 5.41) is 9.15. The van der Waals surface area contributed by atoms with Crippen molar-refractivity contribution in [1.29, 1.82) is 0 Å². The fourth-order valence-electron chi connectivity index (χ4n) is 1.14. The maximum atomic E-state index is 11.6. The molecule has 4 nitrogen and oxygen atoms in total. The lowest BCUT2D eigenvalue weighted by atomic mass is 10.0. The number of aliphatic hydroxyl groups is 1. The number of Topliss-reactive ketones (excluding diaryl/α,β-unsaturated/α-hetero) is 1. The van der Waals surface area contributed by atoms with Gasteiger partial charge in [0, 0.05) is 11.1 Å². The molecule has 0 bridgehead atoms. The summed E-state index contributed by atoms with van der Waals surface area (Å²) in [6.45, 7) is 1.46. The van der Waals surface area contributed by atoms with Crippen LogP contribution < -0.4 is 5.73 Å². The number of aldehydes is 1. The Kier molecular flexibility index (Phi) is 3.71. The molecular formula is C11H13NO3. The first-order valence-corrected chi connectivity index (χ1v) is 4.59. The third-order valence-electron chi connectivity index (χ3n) is 2.15. The minimum atomic E-state index is -0.924. The van der Waals surface area contributed by atoms with Gasteiger partial charge in [0.1, 0.15) is 6.29 Å². The van der Waals surface area contributed by atoms with Gasteiger partial charge in [0.15, 0.2) is 5.78 Å². The lowest BCUT2D eigenvalue weighted by Gasteiger charge is -2.13. The Morgan fingerprint density at radius 1 is 1.40 bits per heavy atom. The number of ketones is 1. The van der Waals surface area contributed by atoms with Crippen molar-refractivity contribution in [2.45, 2.75) is 19.1 Å². The average Bonchev–Trinajstić information content (AvgIpc) is 2.27. The second kappa shape index (κ2) is 4.82. The highest BCUT2D eigenvalue weighted by molar-refractivity contribution is 6.00. The van der Waals surface area contributed by atoms with Crippen LogP contribution in [0.25, 0.3) is 0 Å². The van der Waals surface area contributed by atoms with E-state index in [0.29, 0.717) is 17.4 Å². The Bertz CT molecular complexity index is 357. The second-order valence-electron chi connectivity index (χ2n) is 3.37. The lowest BCUT2D eigenvalue weighted by Crippen LogP contribution is -2.40. The summed E-state index contributed by atoms with van der Waals surface area (Å²) in [4.78, 5) is 22.0. The molecular weight excluding hydrogens is 194 g/mol. The molecule has 3 N–H and O–H groups in total. The number of hydrogen-bond donors (Lipinski definition) is 2. The number of hydrogen-bond acceptors (Lipinski definition) is 4. The second-order valence-corrected chi connectivity index (χ2v) is 3.37. The van der Waals surface area contributed by atoms with Crippen molar-refractivity contribution < 1.29 is 14.7 Å². The van der Waals surface area contributed by atoms with Gasteiger partial charge < -0.3 is 10.8 Å². The number of nitrogens with two attached hydrogens (primary N) is 1. The van der Waals surface area contributed by atoms with Crippen LogP contribution in [0.4, 0.5) is 0 Å². The topological polar surface area (TPSA) is 80.4 Å². The molecule has 0 aliphatic heterocycles. The first-order valence-electron chi connectivity index (χ1n) is 4.59. The molecule has 2 atom stereocenters. The van der Waals surface area contributed by atoms with Crippen molar-refractivity contribution in [1.82, 2.24) is 0 Å². The Hall–Kier alpha value is -1.52. The Balaban J connectivity index is 2.87. The van der Waals surface area contributed by atoms with Gasteiger partial charge in [-0.25, -0.2) is 0 Å². The van der Waals surface area contributed by atoms with Crippen LogP contribution in [-0.4, -0.2) is 29.3 Å². The molecule has 0 aliphatic rings. The first kappa shape index (κ1) is 11.6. The SMILES string of the molecule is C[C@@H](O)[C@H](N)C(=O)c1ccc(C=O)cc1. The third kappa shape index (κ3) is 2.71. The molecule has 0 amide bonds. The van der Waals surface area contributed by atoms with E-state index in [-0.39, 0.29) is 5.78 Å². The summed E-state index contributed by atoms with van der Waals surface area (Å²) in [6, 6.07) is 5.19. The van der Waals surface area contributed by atoms with E-state index in [1.165, 1.54) is 31.2 Å². The van der Waals surface area contributed by atoms with Gasteiger partial charge in [0.25, 0.3) is 0 Å². The van der Waals surface area contributed by atoms with Gasteiger partial charge >= 0.3 is 0 Å². The van der Waals surface area contributed by atoms with Crippen molar-refractivity contribution in [3.05, 3.63) is 35.4 Å². The van der Waals surface area contributed by atoms with Gasteiger partial charge in [-0.05, 0) is 6.92 Å². The summed E-state index contributed by atoms with van der Waals surface area (Å²) >= 11 is 0. The zero-order valence-corrected chi connectivity index (χ0v) is 8.38. The van der Waals surface area contributed by atoms with E-state index >= 15 is 0 Å². The highest BCUT2D eigenvalue weighted by Gasteiger charge is 2.19. The van der Waals surface area contributed by atoms with Gasteiger partial charge in [-0.2, -0.15) is 0 Å². The fraction of sp³-hybridized carbons (Fsp3) is 0.273. The molecule has 0 unspecified atom stereocenters. The lowest BCUT2D eigenvalue weighted by molar-refractivity contribution is 0.0847. The van der Waals surface area contributed by atoms with Gasteiger partial charge in [-0.3, -0.25) is 9.59 Å². The first-order chi connectivity index (χ1) is 7.06. The van der Waals surface area contributed by atoms with E-state index in [1.807, 2.05) is 0 Å². The molecule has 1 rings (SSSR count). The summed E-state index contributed by atoms with van der Waals surface area (Å²) in [5.41, 5.74) is 6.39. The van der Waals surface area contributed by atoms with Crippen LogP contribution in [0.5, 0.6) is 0 Å². The van der Waals surface area contributed by atoms with Crippen molar-refractivity contribution in [2.75, 3.05) is 0 Å². The smallest absolute Gasteiger partial charge is 0.182 e. The van der Waals surface area contributed by atoms with E-state index in [2.05, 4.69) is 0 Å². The van der Waals surface area contributed by atoms with Crippen LogP contribution >= 0.6 is 0 Å². The average molecular weight is 207 g/mol. The Labute approximate surface area is 87.7 Å². The van der Waals surface area contributed by atoms with E-state index in [1.54, 1.807) is 0 Å². The molecule has 0 saturated carbocycles. The predicted molar refractivity (Wildman–Crippen MR) is 55.8 cm³/mol. The Morgan fingerprint density at radius 3 is 2.33 bits per heavy atom. The standard InChI is InChI=1S/C11H13NO3/c1-7(14)10(12)11(15)9-4-2-8(6-13)3-5-9/h2-7,10,14H,12H2,1H3/t7-,10+/m1/s1. The van der Waals surface area contributed by atoms with E-state index < -0.39 is 12.1 Å². The van der Waals surface area contributed by atoms with Gasteiger partial charge in [0.05, 0.1) is 12.1 Å². The number of carbonyl (C=O) groups excluding carboxylic acids is 2. The van der Waals surface area contributed by atoms with Crippen LogP contribution in [0.3, 0.4) is 0 Å². The van der Waals surface area contributed by atoms with Crippen LogP contribution in [0.2, 0.25) is 0 Å². The minimum Gasteiger partial charge on any atom is -0.391 e. The minimum absolute atomic E-state index is 0.331. The summed E-state index contributed by atoms with van der Waals surface area (Å²) in [7, 11) is 0. The van der Waals surface area contributed by atoms with Crippen LogP contribution in [0, 0.1) is 0 Å². The van der Waals surface area contributed by atoms with Crippen molar-refractivity contribution in [3.8, 4) is 0 Å². The van der Waals surface area contributed by atoms with Gasteiger partial charge in [-0.1, -0.05) is 24.3 Å². The normalized spacial score (nSPS) is 14.3. The fourth-order valence-corrected chi connectivity index (χ4v) is 1.14. The maximum Gasteiger partial charge on any atom is 0.182 e. The maximum absolute atomic E-state index is 11.6. The van der Waals surface area contributed by atoms with Crippen molar-refractivity contribution in [3.63, 3.8) is 0 Å². The molecule has 0 aliphatic carbocycles. The number of aliphatic hydroxyl groups excluding tert-OH is 1. The van der Waals surface area contributed by atoms with Crippen LogP contribution in [0.1, 0.15) is 27.6 Å². The van der Waals surface area contributed by atoms with Crippen LogP contribution in [0.15, 0.2) is 24.3 Å². The number of carbonyl (C=O) groups is 2. The van der Waals surface area contributed by atoms with E-state index in [0.717, 1.165) is 0 Å². The van der Waals surface area contributed by atoms with E-state index in [9.17, 15) is 9.59 Å².